The summed E-state index contributed by atoms with van der Waals surface area (Å²) in [5.74, 6) is 1.62. The molecule has 0 fully saturated rings. The smallest absolute Gasteiger partial charge is 0.203 e. The van der Waals surface area contributed by atoms with Gasteiger partial charge in [-0.25, -0.2) is 4.98 Å². The van der Waals surface area contributed by atoms with Crippen LogP contribution in [0.1, 0.15) is 23.7 Å². The summed E-state index contributed by atoms with van der Waals surface area (Å²) in [6.07, 6.45) is 3.62. The molecule has 0 aliphatic rings. The maximum Gasteiger partial charge on any atom is 0.203 e. The van der Waals surface area contributed by atoms with Crippen LogP contribution in [0.5, 0.6) is 0 Å². The van der Waals surface area contributed by atoms with Crippen molar-refractivity contribution < 1.29 is 0 Å². The molecular formula is C12H13N5S. The van der Waals surface area contributed by atoms with Crippen LogP contribution in [0.4, 0.5) is 5.82 Å². The molecule has 3 aromatic rings. The number of aryl methyl sites for hydroxylation is 1. The third-order valence-electron chi connectivity index (χ3n) is 2.82. The maximum atomic E-state index is 4.34. The van der Waals surface area contributed by atoms with Crippen LogP contribution in [0, 0.1) is 6.92 Å². The summed E-state index contributed by atoms with van der Waals surface area (Å²) in [4.78, 5) is 5.61. The van der Waals surface area contributed by atoms with Gasteiger partial charge in [0.25, 0.3) is 0 Å². The highest BCUT2D eigenvalue weighted by Gasteiger charge is 2.11. The summed E-state index contributed by atoms with van der Waals surface area (Å²) in [7, 11) is 0. The van der Waals surface area contributed by atoms with E-state index in [2.05, 4.69) is 38.9 Å². The van der Waals surface area contributed by atoms with Crippen LogP contribution < -0.4 is 5.32 Å². The summed E-state index contributed by atoms with van der Waals surface area (Å²) < 4.78 is 1.93. The minimum absolute atomic E-state index is 0.209. The molecule has 6 heteroatoms. The van der Waals surface area contributed by atoms with Gasteiger partial charge in [-0.2, -0.15) is 0 Å². The van der Waals surface area contributed by atoms with Crippen LogP contribution in [-0.2, 0) is 0 Å². The Morgan fingerprint density at radius 3 is 3.06 bits per heavy atom. The molecule has 1 atom stereocenters. The van der Waals surface area contributed by atoms with Crippen LogP contribution in [0.2, 0.25) is 0 Å². The van der Waals surface area contributed by atoms with Crippen LogP contribution >= 0.6 is 11.3 Å². The van der Waals surface area contributed by atoms with E-state index in [9.17, 15) is 0 Å². The molecule has 0 bridgehead atoms. The van der Waals surface area contributed by atoms with Crippen LogP contribution in [-0.4, -0.2) is 19.6 Å². The third-order valence-corrected chi connectivity index (χ3v) is 3.88. The molecule has 0 amide bonds. The zero-order chi connectivity index (χ0) is 12.5. The molecule has 3 heterocycles. The molecule has 3 aromatic heterocycles. The molecule has 0 radical (unpaired) electrons. The number of aromatic nitrogens is 4. The van der Waals surface area contributed by atoms with Gasteiger partial charge in [0.15, 0.2) is 5.82 Å². The zero-order valence-electron chi connectivity index (χ0n) is 10.2. The van der Waals surface area contributed by atoms with Crippen molar-refractivity contribution in [2.75, 3.05) is 5.32 Å². The van der Waals surface area contributed by atoms with Crippen LogP contribution in [0.15, 0.2) is 29.9 Å². The molecule has 92 valence electrons. The third kappa shape index (κ3) is 1.84. The second-order valence-electron chi connectivity index (χ2n) is 4.10. The fourth-order valence-electron chi connectivity index (χ4n) is 1.86. The normalized spacial score (nSPS) is 12.8. The van der Waals surface area contributed by atoms with E-state index < -0.39 is 0 Å². The Hall–Kier alpha value is -1.95. The Labute approximate surface area is 109 Å². The SMILES string of the molecule is Cc1nnc2c(NC(C)c3cccs3)nccn12. The van der Waals surface area contributed by atoms with Crippen molar-refractivity contribution in [1.82, 2.24) is 19.6 Å². The Bertz CT molecular complexity index is 658. The van der Waals surface area contributed by atoms with Crippen LogP contribution in [0.3, 0.4) is 0 Å². The number of nitrogens with one attached hydrogen (secondary N) is 1. The van der Waals surface area contributed by atoms with Crippen molar-refractivity contribution in [2.45, 2.75) is 19.9 Å². The van der Waals surface area contributed by atoms with Gasteiger partial charge < -0.3 is 5.32 Å². The lowest BCUT2D eigenvalue weighted by Crippen LogP contribution is -2.08. The lowest BCUT2D eigenvalue weighted by molar-refractivity contribution is 0.892. The van der Waals surface area contributed by atoms with E-state index in [1.54, 1.807) is 17.5 Å². The number of thiophene rings is 1. The van der Waals surface area contributed by atoms with Gasteiger partial charge in [-0.05, 0) is 25.3 Å². The maximum absolute atomic E-state index is 4.34. The molecular weight excluding hydrogens is 246 g/mol. The largest absolute Gasteiger partial charge is 0.360 e. The minimum Gasteiger partial charge on any atom is -0.360 e. The van der Waals surface area contributed by atoms with Gasteiger partial charge in [0.2, 0.25) is 5.65 Å². The van der Waals surface area contributed by atoms with E-state index in [0.717, 1.165) is 17.3 Å². The fraction of sp³-hybridized carbons (Fsp3) is 0.250. The lowest BCUT2D eigenvalue weighted by atomic mass is 10.3. The second kappa shape index (κ2) is 4.38. The number of hydrogen-bond donors (Lipinski definition) is 1. The van der Waals surface area contributed by atoms with E-state index >= 15 is 0 Å². The molecule has 0 aromatic carbocycles. The van der Waals surface area contributed by atoms with Crippen molar-refractivity contribution in [2.24, 2.45) is 0 Å². The zero-order valence-corrected chi connectivity index (χ0v) is 11.0. The van der Waals surface area contributed by atoms with Gasteiger partial charge in [-0.3, -0.25) is 4.40 Å². The predicted octanol–water partition coefficient (Wildman–Crippen LogP) is 2.67. The number of hydrogen-bond acceptors (Lipinski definition) is 5. The molecule has 0 aliphatic heterocycles. The van der Waals surface area contributed by atoms with Crippen molar-refractivity contribution in [1.29, 1.82) is 0 Å². The molecule has 5 nitrogen and oxygen atoms in total. The minimum atomic E-state index is 0.209. The van der Waals surface area contributed by atoms with Crippen molar-refractivity contribution in [3.05, 3.63) is 40.6 Å². The van der Waals surface area contributed by atoms with Crippen molar-refractivity contribution >= 4 is 22.8 Å². The van der Waals surface area contributed by atoms with E-state index in [1.165, 1.54) is 4.88 Å². The van der Waals surface area contributed by atoms with Crippen molar-refractivity contribution in [3.8, 4) is 0 Å². The summed E-state index contributed by atoms with van der Waals surface area (Å²) in [5.41, 5.74) is 0.762. The Morgan fingerprint density at radius 2 is 2.28 bits per heavy atom. The number of rotatable bonds is 3. The van der Waals surface area contributed by atoms with E-state index in [1.807, 2.05) is 23.6 Å². The monoisotopic (exact) mass is 259 g/mol. The van der Waals surface area contributed by atoms with Gasteiger partial charge in [-0.1, -0.05) is 6.07 Å². The molecule has 0 saturated heterocycles. The average Bonchev–Trinajstić information content (AvgIpc) is 3.00. The standard InChI is InChI=1S/C12H13N5S/c1-8(10-4-3-7-18-10)14-11-12-16-15-9(2)17(12)6-5-13-11/h3-8H,1-2H3,(H,13,14). The quantitative estimate of drug-likeness (QED) is 0.785. The van der Waals surface area contributed by atoms with Gasteiger partial charge in [0, 0.05) is 17.3 Å². The summed E-state index contributed by atoms with van der Waals surface area (Å²) >= 11 is 1.73. The fourth-order valence-corrected chi connectivity index (χ4v) is 2.59. The van der Waals surface area contributed by atoms with Crippen molar-refractivity contribution in [3.63, 3.8) is 0 Å². The molecule has 0 spiro atoms. The van der Waals surface area contributed by atoms with Gasteiger partial charge in [0.05, 0.1) is 6.04 Å². The van der Waals surface area contributed by atoms with Gasteiger partial charge in [-0.15, -0.1) is 21.5 Å². The summed E-state index contributed by atoms with van der Waals surface area (Å²) in [6, 6.07) is 4.37. The number of fused-ring (bicyclic) bond motifs is 1. The Balaban J connectivity index is 1.95. The van der Waals surface area contributed by atoms with E-state index in [4.69, 9.17) is 0 Å². The molecule has 1 N–H and O–H groups in total. The first-order valence-electron chi connectivity index (χ1n) is 5.72. The lowest BCUT2D eigenvalue weighted by Gasteiger charge is -2.12. The highest BCUT2D eigenvalue weighted by atomic mass is 32.1. The molecule has 0 saturated carbocycles. The Kier molecular flexibility index (Phi) is 2.71. The average molecular weight is 259 g/mol. The summed E-state index contributed by atoms with van der Waals surface area (Å²) in [6.45, 7) is 4.03. The van der Waals surface area contributed by atoms with E-state index in [0.29, 0.717) is 0 Å². The van der Waals surface area contributed by atoms with Gasteiger partial charge in [0.1, 0.15) is 5.82 Å². The van der Waals surface area contributed by atoms with Gasteiger partial charge >= 0.3 is 0 Å². The molecule has 0 aliphatic carbocycles. The first-order valence-corrected chi connectivity index (χ1v) is 6.60. The highest BCUT2D eigenvalue weighted by Crippen LogP contribution is 2.23. The number of anilines is 1. The predicted molar refractivity (Wildman–Crippen MR) is 71.9 cm³/mol. The first kappa shape index (κ1) is 11.2. The second-order valence-corrected chi connectivity index (χ2v) is 5.08. The summed E-state index contributed by atoms with van der Waals surface area (Å²) in [5, 5.41) is 13.7. The van der Waals surface area contributed by atoms with E-state index in [-0.39, 0.29) is 6.04 Å². The molecule has 1 unspecified atom stereocenters. The molecule has 18 heavy (non-hydrogen) atoms. The highest BCUT2D eigenvalue weighted by molar-refractivity contribution is 7.10. The van der Waals surface area contributed by atoms with Crippen LogP contribution in [0.25, 0.3) is 5.65 Å². The molecule has 3 rings (SSSR count). The number of nitrogens with zero attached hydrogens (tertiary/aromatic N) is 4. The topological polar surface area (TPSA) is 55.1 Å². The first-order chi connectivity index (χ1) is 8.75. The Morgan fingerprint density at radius 1 is 1.39 bits per heavy atom.